The molecule has 0 bridgehead atoms. The van der Waals surface area contributed by atoms with Gasteiger partial charge in [-0.2, -0.15) is 0 Å². The van der Waals surface area contributed by atoms with E-state index in [0.29, 0.717) is 26.9 Å². The number of hydrogen-bond donors (Lipinski definition) is 0. The normalized spacial score (nSPS) is 11.2. The second-order valence-electron chi connectivity index (χ2n) is 6.73. The highest BCUT2D eigenvalue weighted by molar-refractivity contribution is 7.99. The number of aromatic nitrogens is 2. The smallest absolute Gasteiger partial charge is 0.263 e. The number of benzene rings is 1. The van der Waals surface area contributed by atoms with Gasteiger partial charge in [-0.15, -0.1) is 22.7 Å². The quantitative estimate of drug-likeness (QED) is 0.286. The van der Waals surface area contributed by atoms with Gasteiger partial charge in [-0.25, -0.2) is 4.98 Å². The molecule has 4 aromatic rings. The summed E-state index contributed by atoms with van der Waals surface area (Å²) in [4.78, 5) is 33.6. The molecule has 0 atom stereocenters. The van der Waals surface area contributed by atoms with Crippen molar-refractivity contribution in [3.63, 3.8) is 0 Å². The molecule has 0 N–H and O–H groups in total. The summed E-state index contributed by atoms with van der Waals surface area (Å²) in [5.74, 6) is 0.159. The molecular weight excluding hydrogens is 458 g/mol. The van der Waals surface area contributed by atoms with Gasteiger partial charge < -0.3 is 4.90 Å². The van der Waals surface area contributed by atoms with Crippen LogP contribution in [0.3, 0.4) is 0 Å². The Morgan fingerprint density at radius 3 is 2.83 bits per heavy atom. The first-order valence-electron chi connectivity index (χ1n) is 9.07. The lowest BCUT2D eigenvalue weighted by Gasteiger charge is -2.17. The summed E-state index contributed by atoms with van der Waals surface area (Å²) in [5, 5.41) is 5.79. The van der Waals surface area contributed by atoms with Crippen molar-refractivity contribution in [3.8, 4) is 10.4 Å². The molecule has 0 aliphatic carbocycles. The number of thioether (sulfide) groups is 1. The van der Waals surface area contributed by atoms with Gasteiger partial charge in [0.25, 0.3) is 5.56 Å². The monoisotopic (exact) mass is 475 g/mol. The summed E-state index contributed by atoms with van der Waals surface area (Å²) >= 11 is 10.3. The standard InChI is InChI=1S/C21H18ClN3O2S3/c1-24(10-13-5-3-6-14(22)9-13)17(26)12-30-21-23-19-18(20(27)25(21)2)15(11-29-19)16-7-4-8-28-16/h3-9,11H,10,12H2,1-2H3. The van der Waals surface area contributed by atoms with Crippen molar-refractivity contribution in [1.82, 2.24) is 14.5 Å². The summed E-state index contributed by atoms with van der Waals surface area (Å²) in [5.41, 5.74) is 1.80. The number of carbonyl (C=O) groups is 1. The zero-order valence-corrected chi connectivity index (χ0v) is 19.5. The minimum Gasteiger partial charge on any atom is -0.341 e. The van der Waals surface area contributed by atoms with Crippen LogP contribution in [0.1, 0.15) is 5.56 Å². The Morgan fingerprint density at radius 2 is 2.10 bits per heavy atom. The average Bonchev–Trinajstić information content (AvgIpc) is 3.39. The first-order valence-corrected chi connectivity index (χ1v) is 12.2. The van der Waals surface area contributed by atoms with E-state index < -0.39 is 0 Å². The van der Waals surface area contributed by atoms with Crippen LogP contribution >= 0.6 is 46.0 Å². The maximum Gasteiger partial charge on any atom is 0.263 e. The van der Waals surface area contributed by atoms with Gasteiger partial charge in [0.05, 0.1) is 11.1 Å². The number of halogens is 1. The topological polar surface area (TPSA) is 55.2 Å². The molecule has 0 saturated heterocycles. The first kappa shape index (κ1) is 21.1. The third kappa shape index (κ3) is 4.32. The molecule has 30 heavy (non-hydrogen) atoms. The van der Waals surface area contributed by atoms with Crippen LogP contribution in [0.25, 0.3) is 20.7 Å². The molecule has 9 heteroatoms. The predicted molar refractivity (Wildman–Crippen MR) is 127 cm³/mol. The third-order valence-electron chi connectivity index (χ3n) is 4.62. The lowest BCUT2D eigenvalue weighted by molar-refractivity contribution is -0.127. The molecule has 3 heterocycles. The van der Waals surface area contributed by atoms with E-state index in [2.05, 4.69) is 4.98 Å². The fourth-order valence-electron chi connectivity index (χ4n) is 3.03. The number of thiophene rings is 2. The average molecular weight is 476 g/mol. The van der Waals surface area contributed by atoms with Crippen LogP contribution in [-0.4, -0.2) is 33.2 Å². The van der Waals surface area contributed by atoms with Crippen LogP contribution in [-0.2, 0) is 18.4 Å². The summed E-state index contributed by atoms with van der Waals surface area (Å²) in [7, 11) is 3.46. The van der Waals surface area contributed by atoms with Gasteiger partial charge in [-0.3, -0.25) is 14.2 Å². The number of amides is 1. The molecule has 154 valence electrons. The van der Waals surface area contributed by atoms with Gasteiger partial charge in [0, 0.05) is 41.5 Å². The lowest BCUT2D eigenvalue weighted by atomic mass is 10.2. The molecule has 3 aromatic heterocycles. The SMILES string of the molecule is CN(Cc1cccc(Cl)c1)C(=O)CSc1nc2scc(-c3cccs3)c2c(=O)n1C. The third-order valence-corrected chi connectivity index (χ3v) is 7.65. The zero-order chi connectivity index (χ0) is 21.3. The van der Waals surface area contributed by atoms with Crippen molar-refractivity contribution in [2.24, 2.45) is 7.05 Å². The van der Waals surface area contributed by atoms with Crippen LogP contribution in [0.5, 0.6) is 0 Å². The van der Waals surface area contributed by atoms with Gasteiger partial charge in [0.2, 0.25) is 5.91 Å². The van der Waals surface area contributed by atoms with Gasteiger partial charge in [-0.1, -0.05) is 41.6 Å². The Balaban J connectivity index is 1.51. The molecule has 0 unspecified atom stereocenters. The van der Waals surface area contributed by atoms with Gasteiger partial charge in [-0.05, 0) is 29.1 Å². The maximum absolute atomic E-state index is 13.0. The number of nitrogens with zero attached hydrogens (tertiary/aromatic N) is 3. The number of carbonyl (C=O) groups excluding carboxylic acids is 1. The van der Waals surface area contributed by atoms with E-state index in [4.69, 9.17) is 11.6 Å². The lowest BCUT2D eigenvalue weighted by Crippen LogP contribution is -2.28. The molecule has 0 saturated carbocycles. The first-order chi connectivity index (χ1) is 14.4. The van der Waals surface area contributed by atoms with Gasteiger partial charge in [0.1, 0.15) is 4.83 Å². The van der Waals surface area contributed by atoms with Crippen molar-refractivity contribution in [2.75, 3.05) is 12.8 Å². The van der Waals surface area contributed by atoms with E-state index in [1.54, 1.807) is 36.4 Å². The number of fused-ring (bicyclic) bond motifs is 1. The van der Waals surface area contributed by atoms with Crippen molar-refractivity contribution in [2.45, 2.75) is 11.7 Å². The van der Waals surface area contributed by atoms with Gasteiger partial charge >= 0.3 is 0 Å². The molecule has 0 spiro atoms. The van der Waals surface area contributed by atoms with Crippen molar-refractivity contribution < 1.29 is 4.79 Å². The molecule has 1 aromatic carbocycles. The Hall–Kier alpha value is -2.13. The van der Waals surface area contributed by atoms with Gasteiger partial charge in [0.15, 0.2) is 5.16 Å². The van der Waals surface area contributed by atoms with E-state index in [-0.39, 0.29) is 17.2 Å². The molecule has 0 radical (unpaired) electrons. The minimum atomic E-state index is -0.0909. The van der Waals surface area contributed by atoms with Crippen LogP contribution in [0.15, 0.2) is 57.1 Å². The highest BCUT2D eigenvalue weighted by Crippen LogP contribution is 2.34. The molecule has 1 amide bonds. The van der Waals surface area contributed by atoms with Crippen LogP contribution in [0, 0.1) is 0 Å². The molecule has 4 rings (SSSR count). The van der Waals surface area contributed by atoms with Crippen molar-refractivity contribution >= 4 is 62.2 Å². The Kier molecular flexibility index (Phi) is 6.29. The minimum absolute atomic E-state index is 0.0419. The molecule has 0 aliphatic rings. The number of rotatable bonds is 6. The molecule has 5 nitrogen and oxygen atoms in total. The van der Waals surface area contributed by atoms with Crippen LogP contribution in [0.4, 0.5) is 0 Å². The highest BCUT2D eigenvalue weighted by atomic mass is 35.5. The van der Waals surface area contributed by atoms with E-state index in [1.807, 2.05) is 41.1 Å². The second-order valence-corrected chi connectivity index (χ2v) is 9.92. The highest BCUT2D eigenvalue weighted by Gasteiger charge is 2.18. The van der Waals surface area contributed by atoms with Crippen molar-refractivity contribution in [3.05, 3.63) is 68.1 Å². The molecule has 0 fully saturated rings. The van der Waals surface area contributed by atoms with E-state index in [1.165, 1.54) is 27.7 Å². The van der Waals surface area contributed by atoms with Crippen LogP contribution < -0.4 is 5.56 Å². The van der Waals surface area contributed by atoms with E-state index in [9.17, 15) is 9.59 Å². The zero-order valence-electron chi connectivity index (χ0n) is 16.3. The Morgan fingerprint density at radius 1 is 1.27 bits per heavy atom. The van der Waals surface area contributed by atoms with E-state index in [0.717, 1.165) is 16.0 Å². The largest absolute Gasteiger partial charge is 0.341 e. The summed E-state index contributed by atoms with van der Waals surface area (Å²) in [6.07, 6.45) is 0. The van der Waals surface area contributed by atoms with E-state index >= 15 is 0 Å². The Bertz CT molecular complexity index is 1260. The predicted octanol–water partition coefficient (Wildman–Crippen LogP) is 5.13. The summed E-state index contributed by atoms with van der Waals surface area (Å²) in [6.45, 7) is 0.473. The molecule has 0 aliphatic heterocycles. The van der Waals surface area contributed by atoms with Crippen LogP contribution in [0.2, 0.25) is 5.02 Å². The molecular formula is C21H18ClN3O2S3. The maximum atomic E-state index is 13.0. The fraction of sp³-hybridized carbons (Fsp3) is 0.190. The number of hydrogen-bond acceptors (Lipinski definition) is 6. The summed E-state index contributed by atoms with van der Waals surface area (Å²) < 4.78 is 1.53. The summed E-state index contributed by atoms with van der Waals surface area (Å²) in [6, 6.07) is 11.4. The fourth-order valence-corrected chi connectivity index (χ4v) is 5.96. The second kappa shape index (κ2) is 8.93. The Labute approximate surface area is 190 Å². The van der Waals surface area contributed by atoms with Crippen molar-refractivity contribution in [1.29, 1.82) is 0 Å².